The summed E-state index contributed by atoms with van der Waals surface area (Å²) in [7, 11) is 0. The van der Waals surface area contributed by atoms with Gasteiger partial charge in [-0.2, -0.15) is 0 Å². The summed E-state index contributed by atoms with van der Waals surface area (Å²) in [6, 6.07) is 6.65. The van der Waals surface area contributed by atoms with Crippen molar-refractivity contribution in [1.82, 2.24) is 0 Å². The Morgan fingerprint density at radius 1 is 1.35 bits per heavy atom. The van der Waals surface area contributed by atoms with E-state index in [1.165, 1.54) is 41.7 Å². The highest BCUT2D eigenvalue weighted by Crippen LogP contribution is 2.37. The predicted molar refractivity (Wildman–Crippen MR) is 76.3 cm³/mol. The number of hydrogen-bond donors (Lipinski definition) is 1. The topological polar surface area (TPSA) is 26.0 Å². The first kappa shape index (κ1) is 13.0. The monoisotopic (exact) mass is 249 g/mol. The van der Waals surface area contributed by atoms with Gasteiger partial charge in [-0.1, -0.05) is 31.9 Å². The maximum absolute atomic E-state index is 5.66. The zero-order valence-electron chi connectivity index (χ0n) is 10.9. The molecule has 1 fully saturated rings. The lowest BCUT2D eigenvalue weighted by atomic mass is 9.91. The fourth-order valence-corrected chi connectivity index (χ4v) is 4.10. The largest absolute Gasteiger partial charge is 0.326 e. The third kappa shape index (κ3) is 3.49. The van der Waals surface area contributed by atoms with Crippen LogP contribution in [0.15, 0.2) is 23.1 Å². The molecule has 2 atom stereocenters. The van der Waals surface area contributed by atoms with Crippen molar-refractivity contribution >= 4 is 11.8 Å². The molecule has 1 nitrogen and oxygen atoms in total. The lowest BCUT2D eigenvalue weighted by Crippen LogP contribution is -2.15. The minimum atomic E-state index is 0.645. The van der Waals surface area contributed by atoms with Gasteiger partial charge in [-0.3, -0.25) is 0 Å². The van der Waals surface area contributed by atoms with Gasteiger partial charge in [0.1, 0.15) is 0 Å². The van der Waals surface area contributed by atoms with Crippen LogP contribution < -0.4 is 5.73 Å². The summed E-state index contributed by atoms with van der Waals surface area (Å²) in [5.74, 6) is 0.907. The standard InChI is InChI=1S/C15H23NS/c1-11-4-3-5-14(8-11)17-15-7-6-13(10-16)9-12(15)2/h6-7,9,11,14H,3-5,8,10,16H2,1-2H3. The van der Waals surface area contributed by atoms with Gasteiger partial charge in [0, 0.05) is 16.7 Å². The molecule has 2 N–H and O–H groups in total. The minimum absolute atomic E-state index is 0.645. The van der Waals surface area contributed by atoms with Crippen LogP contribution in [0.2, 0.25) is 0 Å². The van der Waals surface area contributed by atoms with Gasteiger partial charge in [0.05, 0.1) is 0 Å². The van der Waals surface area contributed by atoms with Gasteiger partial charge < -0.3 is 5.73 Å². The Bertz CT molecular complexity index is 375. The van der Waals surface area contributed by atoms with Crippen molar-refractivity contribution in [3.63, 3.8) is 0 Å². The number of rotatable bonds is 3. The number of thioether (sulfide) groups is 1. The summed E-state index contributed by atoms with van der Waals surface area (Å²) in [6.45, 7) is 5.23. The van der Waals surface area contributed by atoms with E-state index < -0.39 is 0 Å². The Morgan fingerprint density at radius 2 is 2.18 bits per heavy atom. The highest BCUT2D eigenvalue weighted by molar-refractivity contribution is 8.00. The SMILES string of the molecule is Cc1cc(CN)ccc1SC1CCCC(C)C1. The van der Waals surface area contributed by atoms with Crippen molar-refractivity contribution in [2.45, 2.75) is 56.2 Å². The van der Waals surface area contributed by atoms with Crippen LogP contribution in [0.25, 0.3) is 0 Å². The molecule has 1 aliphatic carbocycles. The Labute approximate surface area is 109 Å². The molecule has 1 saturated carbocycles. The maximum Gasteiger partial charge on any atom is 0.0178 e. The summed E-state index contributed by atoms with van der Waals surface area (Å²) >= 11 is 2.07. The van der Waals surface area contributed by atoms with E-state index in [9.17, 15) is 0 Å². The molecule has 0 aliphatic heterocycles. The Kier molecular flexibility index (Phi) is 4.52. The highest BCUT2D eigenvalue weighted by Gasteiger charge is 2.20. The van der Waals surface area contributed by atoms with Gasteiger partial charge >= 0.3 is 0 Å². The van der Waals surface area contributed by atoms with E-state index in [4.69, 9.17) is 5.73 Å². The van der Waals surface area contributed by atoms with Gasteiger partial charge in [-0.15, -0.1) is 11.8 Å². The smallest absolute Gasteiger partial charge is 0.0178 e. The predicted octanol–water partition coefficient (Wildman–Crippen LogP) is 4.12. The first-order chi connectivity index (χ1) is 8.19. The Balaban J connectivity index is 2.02. The number of aryl methyl sites for hydroxylation is 1. The summed E-state index contributed by atoms with van der Waals surface area (Å²) < 4.78 is 0. The Hall–Kier alpha value is -0.470. The van der Waals surface area contributed by atoms with Crippen molar-refractivity contribution in [3.05, 3.63) is 29.3 Å². The van der Waals surface area contributed by atoms with Crippen LogP contribution in [0.5, 0.6) is 0 Å². The first-order valence-corrected chi connectivity index (χ1v) is 7.53. The van der Waals surface area contributed by atoms with E-state index >= 15 is 0 Å². The molecule has 0 bridgehead atoms. The molecule has 0 spiro atoms. The first-order valence-electron chi connectivity index (χ1n) is 6.65. The fourth-order valence-electron chi connectivity index (χ4n) is 2.64. The zero-order valence-corrected chi connectivity index (χ0v) is 11.7. The normalized spacial score (nSPS) is 24.9. The Morgan fingerprint density at radius 3 is 2.82 bits per heavy atom. The molecule has 1 aliphatic rings. The summed E-state index contributed by atoms with van der Waals surface area (Å²) in [6.07, 6.45) is 5.58. The maximum atomic E-state index is 5.66. The second-order valence-corrected chi connectivity index (χ2v) is 6.66. The zero-order chi connectivity index (χ0) is 12.3. The van der Waals surface area contributed by atoms with Crippen LogP contribution in [-0.2, 0) is 6.54 Å². The summed E-state index contributed by atoms with van der Waals surface area (Å²) in [4.78, 5) is 1.45. The molecule has 0 saturated heterocycles. The van der Waals surface area contributed by atoms with Gasteiger partial charge in [-0.25, -0.2) is 0 Å². The van der Waals surface area contributed by atoms with Crippen molar-refractivity contribution < 1.29 is 0 Å². The quantitative estimate of drug-likeness (QED) is 0.872. The number of benzene rings is 1. The van der Waals surface area contributed by atoms with Crippen molar-refractivity contribution in [2.75, 3.05) is 0 Å². The molecule has 0 heterocycles. The minimum Gasteiger partial charge on any atom is -0.326 e. The van der Waals surface area contributed by atoms with E-state index in [0.717, 1.165) is 11.2 Å². The molecule has 2 heteroatoms. The van der Waals surface area contributed by atoms with Gasteiger partial charge in [0.25, 0.3) is 0 Å². The van der Waals surface area contributed by atoms with E-state index in [1.807, 2.05) is 0 Å². The molecule has 0 amide bonds. The van der Waals surface area contributed by atoms with E-state index in [0.29, 0.717) is 6.54 Å². The molecule has 94 valence electrons. The van der Waals surface area contributed by atoms with E-state index in [2.05, 4.69) is 43.8 Å². The van der Waals surface area contributed by atoms with Gasteiger partial charge in [0.15, 0.2) is 0 Å². The van der Waals surface area contributed by atoms with Crippen molar-refractivity contribution in [1.29, 1.82) is 0 Å². The molecular weight excluding hydrogens is 226 g/mol. The van der Waals surface area contributed by atoms with Crippen LogP contribution in [-0.4, -0.2) is 5.25 Å². The van der Waals surface area contributed by atoms with Crippen LogP contribution in [0.4, 0.5) is 0 Å². The molecule has 0 radical (unpaired) electrons. The number of nitrogens with two attached hydrogens (primary N) is 1. The van der Waals surface area contributed by atoms with Crippen LogP contribution in [0, 0.1) is 12.8 Å². The van der Waals surface area contributed by atoms with Crippen LogP contribution in [0.3, 0.4) is 0 Å². The molecular formula is C15H23NS. The summed E-state index contributed by atoms with van der Waals surface area (Å²) in [5.41, 5.74) is 8.29. The summed E-state index contributed by atoms with van der Waals surface area (Å²) in [5, 5.41) is 0.821. The second-order valence-electron chi connectivity index (χ2n) is 5.32. The molecule has 17 heavy (non-hydrogen) atoms. The average Bonchev–Trinajstić information content (AvgIpc) is 2.32. The van der Waals surface area contributed by atoms with Crippen molar-refractivity contribution in [3.8, 4) is 0 Å². The highest BCUT2D eigenvalue weighted by atomic mass is 32.2. The molecule has 1 aromatic rings. The van der Waals surface area contributed by atoms with Crippen molar-refractivity contribution in [2.24, 2.45) is 11.7 Å². The lowest BCUT2D eigenvalue weighted by molar-refractivity contribution is 0.394. The van der Waals surface area contributed by atoms with Crippen LogP contribution >= 0.6 is 11.8 Å². The average molecular weight is 249 g/mol. The molecule has 2 rings (SSSR count). The molecule has 0 aromatic heterocycles. The van der Waals surface area contributed by atoms with Gasteiger partial charge in [-0.05, 0) is 42.9 Å². The number of hydrogen-bond acceptors (Lipinski definition) is 2. The van der Waals surface area contributed by atoms with Gasteiger partial charge in [0.2, 0.25) is 0 Å². The third-order valence-electron chi connectivity index (χ3n) is 3.66. The van der Waals surface area contributed by atoms with E-state index in [-0.39, 0.29) is 0 Å². The molecule has 1 aromatic carbocycles. The second kappa shape index (κ2) is 5.92. The molecule has 2 unspecified atom stereocenters. The van der Waals surface area contributed by atoms with E-state index in [1.54, 1.807) is 0 Å². The van der Waals surface area contributed by atoms with Crippen LogP contribution in [0.1, 0.15) is 43.7 Å². The fraction of sp³-hybridized carbons (Fsp3) is 0.600. The lowest BCUT2D eigenvalue weighted by Gasteiger charge is -2.26. The third-order valence-corrected chi connectivity index (χ3v) is 5.13.